The molecule has 0 spiro atoms. The molecule has 1 aromatic carbocycles. The van der Waals surface area contributed by atoms with E-state index in [0.29, 0.717) is 0 Å². The lowest BCUT2D eigenvalue weighted by molar-refractivity contribution is 0.161. The quantitative estimate of drug-likeness (QED) is 0.844. The van der Waals surface area contributed by atoms with Gasteiger partial charge in [-0.25, -0.2) is 0 Å². The van der Waals surface area contributed by atoms with E-state index in [1.165, 1.54) is 22.2 Å². The minimum absolute atomic E-state index is 0.728. The largest absolute Gasteiger partial charge is 0.377 e. The van der Waals surface area contributed by atoms with E-state index in [0.717, 1.165) is 24.1 Å². The first kappa shape index (κ1) is 10.1. The lowest BCUT2D eigenvalue weighted by atomic mass is 10.1. The van der Waals surface area contributed by atoms with Crippen LogP contribution in [0.3, 0.4) is 0 Å². The van der Waals surface area contributed by atoms with Crippen molar-refractivity contribution in [2.45, 2.75) is 6.42 Å². The average Bonchev–Trinajstić information content (AvgIpc) is 2.76. The third-order valence-corrected chi connectivity index (χ3v) is 3.61. The molecule has 2 aromatic rings. The van der Waals surface area contributed by atoms with Gasteiger partial charge < -0.3 is 9.72 Å². The van der Waals surface area contributed by atoms with Crippen LogP contribution in [-0.4, -0.2) is 18.2 Å². The zero-order valence-corrected chi connectivity index (χ0v) is 10.4. The molecule has 0 bridgehead atoms. The Morgan fingerprint density at radius 2 is 2.25 bits per heavy atom. The number of fused-ring (bicyclic) bond motifs is 1. The van der Waals surface area contributed by atoms with Gasteiger partial charge in [0.15, 0.2) is 0 Å². The van der Waals surface area contributed by atoms with Crippen molar-refractivity contribution in [3.63, 3.8) is 0 Å². The summed E-state index contributed by atoms with van der Waals surface area (Å²) in [6, 6.07) is 8.42. The highest BCUT2D eigenvalue weighted by atomic mass is 79.9. The first-order chi connectivity index (χ1) is 7.84. The molecule has 0 aliphatic carbocycles. The molecular formula is C13H12BrNO. The molecule has 16 heavy (non-hydrogen) atoms. The number of aromatic amines is 1. The molecule has 0 fully saturated rings. The van der Waals surface area contributed by atoms with E-state index in [4.69, 9.17) is 4.74 Å². The van der Waals surface area contributed by atoms with E-state index < -0.39 is 0 Å². The standard InChI is InChI=1S/C13H12BrNO/c14-11-2-1-3-12-10(11)8-13(15-12)9-4-6-16-7-5-9/h1-4,8,15H,5-7H2. The van der Waals surface area contributed by atoms with Gasteiger partial charge in [-0.3, -0.25) is 0 Å². The third kappa shape index (κ3) is 1.70. The number of rotatable bonds is 1. The second-order valence-corrected chi connectivity index (χ2v) is 4.79. The zero-order valence-electron chi connectivity index (χ0n) is 8.79. The molecule has 0 radical (unpaired) electrons. The second-order valence-electron chi connectivity index (χ2n) is 3.94. The van der Waals surface area contributed by atoms with Crippen molar-refractivity contribution < 1.29 is 4.74 Å². The number of aromatic nitrogens is 1. The van der Waals surface area contributed by atoms with Crippen LogP contribution in [0.15, 0.2) is 34.8 Å². The van der Waals surface area contributed by atoms with Crippen molar-refractivity contribution in [2.75, 3.05) is 13.2 Å². The second kappa shape index (κ2) is 4.07. The van der Waals surface area contributed by atoms with Crippen molar-refractivity contribution >= 4 is 32.4 Å². The molecule has 0 saturated heterocycles. The summed E-state index contributed by atoms with van der Waals surface area (Å²) in [4.78, 5) is 3.45. The lowest BCUT2D eigenvalue weighted by Crippen LogP contribution is -2.03. The predicted molar refractivity (Wildman–Crippen MR) is 69.4 cm³/mol. The maximum Gasteiger partial charge on any atom is 0.0654 e. The van der Waals surface area contributed by atoms with Crippen molar-refractivity contribution in [3.8, 4) is 0 Å². The van der Waals surface area contributed by atoms with Crippen molar-refractivity contribution in [3.05, 3.63) is 40.5 Å². The number of H-pyrrole nitrogens is 1. The summed E-state index contributed by atoms with van der Waals surface area (Å²) in [5, 5.41) is 1.24. The highest BCUT2D eigenvalue weighted by molar-refractivity contribution is 9.10. The minimum atomic E-state index is 0.728. The molecule has 0 atom stereocenters. The molecule has 0 saturated carbocycles. The number of hydrogen-bond donors (Lipinski definition) is 1. The summed E-state index contributed by atoms with van der Waals surface area (Å²) >= 11 is 3.57. The fourth-order valence-electron chi connectivity index (χ4n) is 2.06. The summed E-state index contributed by atoms with van der Waals surface area (Å²) < 4.78 is 6.46. The number of nitrogens with one attached hydrogen (secondary N) is 1. The van der Waals surface area contributed by atoms with Crippen LogP contribution in [0.1, 0.15) is 12.1 Å². The topological polar surface area (TPSA) is 25.0 Å². The Kier molecular flexibility index (Phi) is 2.58. The molecule has 1 aromatic heterocycles. The maximum atomic E-state index is 5.32. The first-order valence-corrected chi connectivity index (χ1v) is 6.18. The van der Waals surface area contributed by atoms with Gasteiger partial charge in [-0.1, -0.05) is 28.1 Å². The van der Waals surface area contributed by atoms with E-state index in [1.54, 1.807) is 0 Å². The molecule has 2 heterocycles. The molecule has 3 rings (SSSR count). The van der Waals surface area contributed by atoms with Gasteiger partial charge in [-0.05, 0) is 30.2 Å². The van der Waals surface area contributed by atoms with Gasteiger partial charge >= 0.3 is 0 Å². The zero-order chi connectivity index (χ0) is 11.0. The Bertz CT molecular complexity index is 556. The highest BCUT2D eigenvalue weighted by Crippen LogP contribution is 2.29. The fraction of sp³-hybridized carbons (Fsp3) is 0.231. The average molecular weight is 278 g/mol. The number of benzene rings is 1. The van der Waals surface area contributed by atoms with Crippen molar-refractivity contribution in [2.24, 2.45) is 0 Å². The third-order valence-electron chi connectivity index (χ3n) is 2.92. The van der Waals surface area contributed by atoms with Crippen LogP contribution in [0.25, 0.3) is 16.5 Å². The van der Waals surface area contributed by atoms with Gasteiger partial charge in [0, 0.05) is 21.1 Å². The van der Waals surface area contributed by atoms with E-state index >= 15 is 0 Å². The number of ether oxygens (including phenoxy) is 1. The monoisotopic (exact) mass is 277 g/mol. The molecule has 2 nitrogen and oxygen atoms in total. The molecule has 1 aliphatic heterocycles. The summed E-state index contributed by atoms with van der Waals surface area (Å²) in [5.41, 5.74) is 3.75. The molecule has 1 aliphatic rings. The van der Waals surface area contributed by atoms with Crippen LogP contribution in [0.5, 0.6) is 0 Å². The van der Waals surface area contributed by atoms with E-state index in [1.807, 2.05) is 6.07 Å². The Morgan fingerprint density at radius 3 is 3.00 bits per heavy atom. The lowest BCUT2D eigenvalue weighted by Gasteiger charge is -2.11. The highest BCUT2D eigenvalue weighted by Gasteiger charge is 2.10. The van der Waals surface area contributed by atoms with E-state index in [-0.39, 0.29) is 0 Å². The summed E-state index contributed by atoms with van der Waals surface area (Å²) in [5.74, 6) is 0. The fourth-order valence-corrected chi connectivity index (χ4v) is 2.54. The first-order valence-electron chi connectivity index (χ1n) is 5.39. The van der Waals surface area contributed by atoms with Crippen LogP contribution in [0, 0.1) is 0 Å². The smallest absolute Gasteiger partial charge is 0.0654 e. The normalized spacial score (nSPS) is 16.4. The SMILES string of the molecule is Brc1cccc2[nH]c(C3=CCOCC3)cc12. The van der Waals surface area contributed by atoms with Crippen molar-refractivity contribution in [1.82, 2.24) is 4.98 Å². The van der Waals surface area contributed by atoms with Gasteiger partial charge in [0.05, 0.1) is 13.2 Å². The molecule has 0 amide bonds. The van der Waals surface area contributed by atoms with Crippen LogP contribution in [-0.2, 0) is 4.74 Å². The molecular weight excluding hydrogens is 266 g/mol. The van der Waals surface area contributed by atoms with Crippen LogP contribution < -0.4 is 0 Å². The Hall–Kier alpha value is -1.06. The Balaban J connectivity index is 2.11. The maximum absolute atomic E-state index is 5.32. The van der Waals surface area contributed by atoms with Gasteiger partial charge in [-0.2, -0.15) is 0 Å². The van der Waals surface area contributed by atoms with Gasteiger partial charge in [-0.15, -0.1) is 0 Å². The number of hydrogen-bond acceptors (Lipinski definition) is 1. The molecule has 1 N–H and O–H groups in total. The minimum Gasteiger partial charge on any atom is -0.377 e. The predicted octanol–water partition coefficient (Wildman–Crippen LogP) is 3.73. The summed E-state index contributed by atoms with van der Waals surface area (Å²) in [6.07, 6.45) is 3.15. The van der Waals surface area contributed by atoms with Gasteiger partial charge in [0.2, 0.25) is 0 Å². The van der Waals surface area contributed by atoms with Gasteiger partial charge in [0.25, 0.3) is 0 Å². The van der Waals surface area contributed by atoms with Crippen molar-refractivity contribution in [1.29, 1.82) is 0 Å². The molecule has 82 valence electrons. The number of halogens is 1. The van der Waals surface area contributed by atoms with Crippen LogP contribution >= 0.6 is 15.9 Å². The van der Waals surface area contributed by atoms with Gasteiger partial charge in [0.1, 0.15) is 0 Å². The van der Waals surface area contributed by atoms with E-state index in [2.05, 4.69) is 45.2 Å². The van der Waals surface area contributed by atoms with E-state index in [9.17, 15) is 0 Å². The Labute approximate surface area is 102 Å². The van der Waals surface area contributed by atoms with Crippen LogP contribution in [0.2, 0.25) is 0 Å². The van der Waals surface area contributed by atoms with Crippen LogP contribution in [0.4, 0.5) is 0 Å². The summed E-state index contributed by atoms with van der Waals surface area (Å²) in [6.45, 7) is 1.55. The molecule has 3 heteroatoms. The summed E-state index contributed by atoms with van der Waals surface area (Å²) in [7, 11) is 0. The Morgan fingerprint density at radius 1 is 1.31 bits per heavy atom. The molecule has 0 unspecified atom stereocenters.